The van der Waals surface area contributed by atoms with Gasteiger partial charge >= 0.3 is 0 Å². The summed E-state index contributed by atoms with van der Waals surface area (Å²) in [6, 6.07) is 6.01. The zero-order valence-electron chi connectivity index (χ0n) is 11.1. The van der Waals surface area contributed by atoms with E-state index in [1.54, 1.807) is 6.20 Å². The molecule has 2 rings (SSSR count). The Bertz CT molecular complexity index is 523. The molecular weight excluding hydrogens is 226 g/mol. The summed E-state index contributed by atoms with van der Waals surface area (Å²) >= 11 is 0. The van der Waals surface area contributed by atoms with Gasteiger partial charge in [0.05, 0.1) is 12.3 Å². The number of anilines is 1. The lowest BCUT2D eigenvalue weighted by Crippen LogP contribution is -2.08. The van der Waals surface area contributed by atoms with Gasteiger partial charge < -0.3 is 10.5 Å². The fraction of sp³-hybridized carbons (Fsp3) is 0.357. The van der Waals surface area contributed by atoms with E-state index in [1.165, 1.54) is 0 Å². The molecule has 0 fully saturated rings. The quantitative estimate of drug-likeness (QED) is 0.840. The average Bonchev–Trinajstić information content (AvgIpc) is 2.68. The zero-order valence-corrected chi connectivity index (χ0v) is 11.1. The Kier molecular flexibility index (Phi) is 3.55. The average molecular weight is 245 g/mol. The van der Waals surface area contributed by atoms with Crippen LogP contribution in [0.2, 0.25) is 0 Å². The molecule has 2 aromatic rings. The molecule has 0 spiro atoms. The van der Waals surface area contributed by atoms with Gasteiger partial charge in [0.15, 0.2) is 0 Å². The number of aromatic nitrogens is 2. The Morgan fingerprint density at radius 2 is 2.11 bits per heavy atom. The maximum Gasteiger partial charge on any atom is 0.145 e. The Morgan fingerprint density at radius 3 is 2.72 bits per heavy atom. The summed E-state index contributed by atoms with van der Waals surface area (Å²) in [5.41, 5.74) is 10.1. The molecular formula is C14H19N3O. The molecule has 0 atom stereocenters. The Labute approximate surface area is 107 Å². The lowest BCUT2D eigenvalue weighted by Gasteiger charge is -2.12. The van der Waals surface area contributed by atoms with E-state index in [2.05, 4.69) is 11.2 Å². The van der Waals surface area contributed by atoms with Crippen molar-refractivity contribution in [3.63, 3.8) is 0 Å². The van der Waals surface area contributed by atoms with Gasteiger partial charge in [0, 0.05) is 25.4 Å². The summed E-state index contributed by atoms with van der Waals surface area (Å²) < 4.78 is 7.64. The van der Waals surface area contributed by atoms with E-state index in [9.17, 15) is 0 Å². The molecule has 4 heteroatoms. The molecule has 0 saturated heterocycles. The first-order chi connectivity index (χ1) is 8.58. The maximum atomic E-state index is 5.97. The molecule has 0 bridgehead atoms. The van der Waals surface area contributed by atoms with Gasteiger partial charge in [0.2, 0.25) is 0 Å². The topological polar surface area (TPSA) is 53.1 Å². The molecule has 0 aliphatic carbocycles. The number of benzene rings is 1. The molecule has 0 saturated carbocycles. The van der Waals surface area contributed by atoms with Crippen LogP contribution in [0.5, 0.6) is 5.75 Å². The third-order valence-electron chi connectivity index (χ3n) is 2.97. The number of aryl methyl sites for hydroxylation is 3. The summed E-state index contributed by atoms with van der Waals surface area (Å²) in [7, 11) is 1.93. The second kappa shape index (κ2) is 5.12. The van der Waals surface area contributed by atoms with Gasteiger partial charge in [-0.1, -0.05) is 6.07 Å². The number of hydrogen-bond donors (Lipinski definition) is 1. The van der Waals surface area contributed by atoms with E-state index < -0.39 is 0 Å². The van der Waals surface area contributed by atoms with Crippen molar-refractivity contribution in [2.24, 2.45) is 7.05 Å². The van der Waals surface area contributed by atoms with Crippen LogP contribution < -0.4 is 10.5 Å². The molecule has 1 aromatic carbocycles. The fourth-order valence-electron chi connectivity index (χ4n) is 2.09. The second-order valence-corrected chi connectivity index (χ2v) is 4.54. The lowest BCUT2D eigenvalue weighted by atomic mass is 10.1. The molecule has 1 heterocycles. The van der Waals surface area contributed by atoms with Crippen LogP contribution in [-0.4, -0.2) is 16.4 Å². The van der Waals surface area contributed by atoms with Crippen molar-refractivity contribution in [3.05, 3.63) is 41.2 Å². The third-order valence-corrected chi connectivity index (χ3v) is 2.97. The largest absolute Gasteiger partial charge is 0.491 e. The van der Waals surface area contributed by atoms with Crippen LogP contribution in [0.25, 0.3) is 0 Å². The predicted molar refractivity (Wildman–Crippen MR) is 72.7 cm³/mol. The summed E-state index contributed by atoms with van der Waals surface area (Å²) in [5.74, 6) is 0.794. The standard InChI is InChI=1S/C14H19N3O/c1-10-8-11(2)14(13(15)9-10)18-7-5-12-4-6-16-17(12)3/h4,6,8-9H,5,7,15H2,1-3H3. The van der Waals surface area contributed by atoms with Gasteiger partial charge in [-0.05, 0) is 37.1 Å². The molecule has 96 valence electrons. The summed E-state index contributed by atoms with van der Waals surface area (Å²) in [5, 5.41) is 4.13. The van der Waals surface area contributed by atoms with Gasteiger partial charge in [0.25, 0.3) is 0 Å². The molecule has 0 radical (unpaired) electrons. The van der Waals surface area contributed by atoms with Crippen LogP contribution in [0.1, 0.15) is 16.8 Å². The van der Waals surface area contributed by atoms with E-state index in [0.717, 1.165) is 29.0 Å². The number of rotatable bonds is 4. The third kappa shape index (κ3) is 2.64. The van der Waals surface area contributed by atoms with Crippen LogP contribution in [0.3, 0.4) is 0 Å². The second-order valence-electron chi connectivity index (χ2n) is 4.54. The monoisotopic (exact) mass is 245 g/mol. The molecule has 0 amide bonds. The smallest absolute Gasteiger partial charge is 0.145 e. The van der Waals surface area contributed by atoms with E-state index in [1.807, 2.05) is 37.7 Å². The zero-order chi connectivity index (χ0) is 13.1. The first-order valence-electron chi connectivity index (χ1n) is 6.04. The van der Waals surface area contributed by atoms with Crippen molar-refractivity contribution >= 4 is 5.69 Å². The highest BCUT2D eigenvalue weighted by Gasteiger charge is 2.06. The molecule has 0 aliphatic heterocycles. The van der Waals surface area contributed by atoms with Crippen LogP contribution in [-0.2, 0) is 13.5 Å². The van der Waals surface area contributed by atoms with Crippen molar-refractivity contribution < 1.29 is 4.74 Å². The van der Waals surface area contributed by atoms with Gasteiger partial charge in [-0.3, -0.25) is 4.68 Å². The van der Waals surface area contributed by atoms with E-state index in [-0.39, 0.29) is 0 Å². The molecule has 18 heavy (non-hydrogen) atoms. The van der Waals surface area contributed by atoms with E-state index in [0.29, 0.717) is 12.3 Å². The van der Waals surface area contributed by atoms with Crippen LogP contribution in [0.15, 0.2) is 24.4 Å². The van der Waals surface area contributed by atoms with Crippen molar-refractivity contribution in [2.75, 3.05) is 12.3 Å². The number of nitrogen functional groups attached to an aromatic ring is 1. The first-order valence-corrected chi connectivity index (χ1v) is 6.04. The van der Waals surface area contributed by atoms with Crippen LogP contribution >= 0.6 is 0 Å². The lowest BCUT2D eigenvalue weighted by molar-refractivity contribution is 0.318. The summed E-state index contributed by atoms with van der Waals surface area (Å²) in [6.07, 6.45) is 2.62. The SMILES string of the molecule is Cc1cc(C)c(OCCc2ccnn2C)c(N)c1. The molecule has 0 aliphatic rings. The maximum absolute atomic E-state index is 5.97. The Hall–Kier alpha value is -1.97. The number of nitrogens with zero attached hydrogens (tertiary/aromatic N) is 2. The van der Waals surface area contributed by atoms with Gasteiger partial charge in [-0.15, -0.1) is 0 Å². The normalized spacial score (nSPS) is 10.6. The highest BCUT2D eigenvalue weighted by atomic mass is 16.5. The molecule has 1 aromatic heterocycles. The number of nitrogens with two attached hydrogens (primary N) is 1. The number of ether oxygens (including phenoxy) is 1. The minimum absolute atomic E-state index is 0.605. The van der Waals surface area contributed by atoms with Gasteiger partial charge in [-0.25, -0.2) is 0 Å². The summed E-state index contributed by atoms with van der Waals surface area (Å²) in [4.78, 5) is 0. The Morgan fingerprint density at radius 1 is 1.33 bits per heavy atom. The van der Waals surface area contributed by atoms with Crippen molar-refractivity contribution in [1.82, 2.24) is 9.78 Å². The first kappa shape index (κ1) is 12.5. The van der Waals surface area contributed by atoms with Crippen molar-refractivity contribution in [1.29, 1.82) is 0 Å². The molecule has 2 N–H and O–H groups in total. The predicted octanol–water partition coefficient (Wildman–Crippen LogP) is 2.24. The molecule has 0 unspecified atom stereocenters. The van der Waals surface area contributed by atoms with E-state index in [4.69, 9.17) is 10.5 Å². The van der Waals surface area contributed by atoms with Crippen molar-refractivity contribution in [2.45, 2.75) is 20.3 Å². The minimum atomic E-state index is 0.605. The highest BCUT2D eigenvalue weighted by molar-refractivity contribution is 5.58. The highest BCUT2D eigenvalue weighted by Crippen LogP contribution is 2.27. The fourth-order valence-corrected chi connectivity index (χ4v) is 2.09. The van der Waals surface area contributed by atoms with Crippen LogP contribution in [0.4, 0.5) is 5.69 Å². The number of hydrogen-bond acceptors (Lipinski definition) is 3. The van der Waals surface area contributed by atoms with Gasteiger partial charge in [0.1, 0.15) is 5.75 Å². The Balaban J connectivity index is 2.01. The van der Waals surface area contributed by atoms with Gasteiger partial charge in [-0.2, -0.15) is 5.10 Å². The summed E-state index contributed by atoms with van der Waals surface area (Å²) in [6.45, 7) is 4.65. The van der Waals surface area contributed by atoms with E-state index >= 15 is 0 Å². The van der Waals surface area contributed by atoms with Crippen molar-refractivity contribution in [3.8, 4) is 5.75 Å². The molecule has 4 nitrogen and oxygen atoms in total. The van der Waals surface area contributed by atoms with Crippen LogP contribution in [0, 0.1) is 13.8 Å². The minimum Gasteiger partial charge on any atom is -0.491 e.